The van der Waals surface area contributed by atoms with Crippen LogP contribution in [0.3, 0.4) is 0 Å². The molecule has 0 aliphatic heterocycles. The summed E-state index contributed by atoms with van der Waals surface area (Å²) in [5, 5.41) is 1.42. The molecular weight excluding hydrogens is 279 g/mol. The largest absolute Gasteiger partial charge is 0.140 e. The zero-order valence-corrected chi connectivity index (χ0v) is 9.99. The van der Waals surface area contributed by atoms with Gasteiger partial charge in [-0.05, 0) is 65.6 Å². The highest BCUT2D eigenvalue weighted by Crippen LogP contribution is 2.30. The van der Waals surface area contributed by atoms with Crippen LogP contribution >= 0.6 is 33.9 Å². The molecule has 1 aromatic carbocycles. The van der Waals surface area contributed by atoms with Gasteiger partial charge in [-0.2, -0.15) is 0 Å². The molecule has 62 valence electrons. The number of hydrogen-bond donors (Lipinski definition) is 0. The molecule has 0 aliphatic carbocycles. The molecule has 2 aromatic rings. The Morgan fingerprint density at radius 1 is 1.25 bits per heavy atom. The highest BCUT2D eigenvalue weighted by molar-refractivity contribution is 14.1. The van der Waals surface area contributed by atoms with E-state index in [2.05, 4.69) is 54.6 Å². The first kappa shape index (κ1) is 8.51. The minimum Gasteiger partial charge on any atom is -0.140 e. The van der Waals surface area contributed by atoms with Gasteiger partial charge in [-0.15, -0.1) is 11.3 Å². The quantitative estimate of drug-likeness (QED) is 0.640. The van der Waals surface area contributed by atoms with Gasteiger partial charge in [0.1, 0.15) is 0 Å². The molecule has 0 spiro atoms. The van der Waals surface area contributed by atoms with Crippen molar-refractivity contribution in [2.45, 2.75) is 13.8 Å². The Kier molecular flexibility index (Phi) is 2.12. The van der Waals surface area contributed by atoms with E-state index in [0.717, 1.165) is 0 Å². The average molecular weight is 288 g/mol. The van der Waals surface area contributed by atoms with E-state index in [1.165, 1.54) is 24.1 Å². The van der Waals surface area contributed by atoms with Crippen LogP contribution in [0.25, 0.3) is 10.1 Å². The van der Waals surface area contributed by atoms with Crippen LogP contribution in [0.5, 0.6) is 0 Å². The van der Waals surface area contributed by atoms with Gasteiger partial charge in [0.25, 0.3) is 0 Å². The molecule has 0 saturated carbocycles. The van der Waals surface area contributed by atoms with Gasteiger partial charge >= 0.3 is 0 Å². The fourth-order valence-corrected chi connectivity index (χ4v) is 2.86. The van der Waals surface area contributed by atoms with E-state index in [-0.39, 0.29) is 0 Å². The number of benzene rings is 1. The Morgan fingerprint density at radius 3 is 2.75 bits per heavy atom. The third-order valence-electron chi connectivity index (χ3n) is 2.14. The standard InChI is InChI=1S/C10H9IS/c1-6-7(2)12-10-4-3-8(11)5-9(6)10/h3-5H,1-2H3. The second kappa shape index (κ2) is 3.00. The lowest BCUT2D eigenvalue weighted by atomic mass is 10.2. The molecule has 1 aromatic heterocycles. The SMILES string of the molecule is Cc1sc2ccc(I)cc2c1C. The van der Waals surface area contributed by atoms with Crippen molar-refractivity contribution < 1.29 is 0 Å². The van der Waals surface area contributed by atoms with Crippen molar-refractivity contribution in [1.82, 2.24) is 0 Å². The lowest BCUT2D eigenvalue weighted by Gasteiger charge is -1.92. The highest BCUT2D eigenvalue weighted by atomic mass is 127. The maximum atomic E-state index is 2.36. The second-order valence-corrected chi connectivity index (χ2v) is 5.43. The number of hydrogen-bond acceptors (Lipinski definition) is 1. The van der Waals surface area contributed by atoms with Crippen molar-refractivity contribution in [2.75, 3.05) is 0 Å². The Balaban J connectivity index is 2.88. The fourth-order valence-electron chi connectivity index (χ4n) is 1.32. The van der Waals surface area contributed by atoms with Gasteiger partial charge in [-0.25, -0.2) is 0 Å². The third kappa shape index (κ3) is 1.27. The molecule has 2 rings (SSSR count). The maximum absolute atomic E-state index is 2.36. The van der Waals surface area contributed by atoms with Crippen LogP contribution in [-0.4, -0.2) is 0 Å². The molecule has 0 nitrogen and oxygen atoms in total. The summed E-state index contributed by atoms with van der Waals surface area (Å²) in [5.41, 5.74) is 1.44. The van der Waals surface area contributed by atoms with Gasteiger partial charge in [0, 0.05) is 13.1 Å². The Bertz CT molecular complexity index is 429. The topological polar surface area (TPSA) is 0 Å². The van der Waals surface area contributed by atoms with Crippen LogP contribution in [0.15, 0.2) is 18.2 Å². The maximum Gasteiger partial charge on any atom is 0.0349 e. The van der Waals surface area contributed by atoms with Gasteiger partial charge < -0.3 is 0 Å². The lowest BCUT2D eigenvalue weighted by Crippen LogP contribution is -1.72. The summed E-state index contributed by atoms with van der Waals surface area (Å²) in [5.74, 6) is 0. The van der Waals surface area contributed by atoms with Crippen molar-refractivity contribution >= 4 is 44.0 Å². The summed E-state index contributed by atoms with van der Waals surface area (Å²) in [4.78, 5) is 1.44. The molecule has 0 aliphatic rings. The molecule has 0 radical (unpaired) electrons. The number of aryl methyl sites for hydroxylation is 2. The number of thiophene rings is 1. The van der Waals surface area contributed by atoms with Gasteiger partial charge in [-0.1, -0.05) is 0 Å². The Morgan fingerprint density at radius 2 is 2.00 bits per heavy atom. The smallest absolute Gasteiger partial charge is 0.0349 e. The Labute approximate surface area is 89.7 Å². The van der Waals surface area contributed by atoms with E-state index in [1.54, 1.807) is 0 Å². The number of halogens is 1. The minimum atomic E-state index is 1.32. The first-order valence-corrected chi connectivity index (χ1v) is 5.73. The fraction of sp³-hybridized carbons (Fsp3) is 0.200. The average Bonchev–Trinajstić information content (AvgIpc) is 2.31. The summed E-state index contributed by atoms with van der Waals surface area (Å²) >= 11 is 4.24. The van der Waals surface area contributed by atoms with E-state index in [4.69, 9.17) is 0 Å². The summed E-state index contributed by atoms with van der Waals surface area (Å²) in [6, 6.07) is 6.63. The van der Waals surface area contributed by atoms with Crippen molar-refractivity contribution in [3.63, 3.8) is 0 Å². The van der Waals surface area contributed by atoms with Crippen LogP contribution in [0.1, 0.15) is 10.4 Å². The van der Waals surface area contributed by atoms with Crippen LogP contribution < -0.4 is 0 Å². The van der Waals surface area contributed by atoms with Crippen molar-refractivity contribution in [3.05, 3.63) is 32.2 Å². The monoisotopic (exact) mass is 288 g/mol. The van der Waals surface area contributed by atoms with Gasteiger partial charge in [0.2, 0.25) is 0 Å². The van der Waals surface area contributed by atoms with Crippen molar-refractivity contribution in [2.24, 2.45) is 0 Å². The minimum absolute atomic E-state index is 1.32. The van der Waals surface area contributed by atoms with Crippen molar-refractivity contribution in [1.29, 1.82) is 0 Å². The molecule has 12 heavy (non-hydrogen) atoms. The van der Waals surface area contributed by atoms with E-state index >= 15 is 0 Å². The normalized spacial score (nSPS) is 10.9. The summed E-state index contributed by atoms with van der Waals surface area (Å²) < 4.78 is 2.73. The predicted octanol–water partition coefficient (Wildman–Crippen LogP) is 4.12. The molecule has 0 amide bonds. The van der Waals surface area contributed by atoms with Crippen LogP contribution in [0, 0.1) is 17.4 Å². The molecule has 0 saturated heterocycles. The second-order valence-electron chi connectivity index (χ2n) is 2.92. The number of fused-ring (bicyclic) bond motifs is 1. The first-order chi connectivity index (χ1) is 5.68. The van der Waals surface area contributed by atoms with Crippen LogP contribution in [0.4, 0.5) is 0 Å². The van der Waals surface area contributed by atoms with Gasteiger partial charge in [-0.3, -0.25) is 0 Å². The van der Waals surface area contributed by atoms with Gasteiger partial charge in [0.15, 0.2) is 0 Å². The zero-order valence-electron chi connectivity index (χ0n) is 7.02. The summed E-state index contributed by atoms with van der Waals surface area (Å²) in [7, 11) is 0. The van der Waals surface area contributed by atoms with Crippen LogP contribution in [0.2, 0.25) is 0 Å². The Hall–Kier alpha value is -0.0900. The van der Waals surface area contributed by atoms with Gasteiger partial charge in [0.05, 0.1) is 0 Å². The first-order valence-electron chi connectivity index (χ1n) is 3.84. The van der Waals surface area contributed by atoms with E-state index in [9.17, 15) is 0 Å². The molecule has 0 atom stereocenters. The zero-order chi connectivity index (χ0) is 8.72. The van der Waals surface area contributed by atoms with E-state index in [1.807, 2.05) is 11.3 Å². The molecule has 0 bridgehead atoms. The third-order valence-corrected chi connectivity index (χ3v) is 4.00. The number of rotatable bonds is 0. The molecule has 1 heterocycles. The van der Waals surface area contributed by atoms with E-state index < -0.39 is 0 Å². The lowest BCUT2D eigenvalue weighted by molar-refractivity contribution is 1.47. The molecule has 0 unspecified atom stereocenters. The predicted molar refractivity (Wildman–Crippen MR) is 64.0 cm³/mol. The highest BCUT2D eigenvalue weighted by Gasteiger charge is 2.03. The molecule has 2 heteroatoms. The van der Waals surface area contributed by atoms with Crippen LogP contribution in [-0.2, 0) is 0 Å². The van der Waals surface area contributed by atoms with Crippen molar-refractivity contribution in [3.8, 4) is 0 Å². The molecule has 0 N–H and O–H groups in total. The molecule has 0 fully saturated rings. The summed E-state index contributed by atoms with van der Waals surface area (Å²) in [6.45, 7) is 4.39. The summed E-state index contributed by atoms with van der Waals surface area (Å²) in [6.07, 6.45) is 0. The van der Waals surface area contributed by atoms with E-state index in [0.29, 0.717) is 0 Å². The molecular formula is C10H9IS.